The van der Waals surface area contributed by atoms with Crippen LogP contribution in [0.5, 0.6) is 0 Å². The highest BCUT2D eigenvalue weighted by molar-refractivity contribution is 7.14. The number of nitrogen functional groups attached to an aromatic ring is 1. The lowest BCUT2D eigenvalue weighted by Gasteiger charge is -2.00. The highest BCUT2D eigenvalue weighted by Gasteiger charge is 2.14. The van der Waals surface area contributed by atoms with Gasteiger partial charge in [0.15, 0.2) is 0 Å². The maximum absolute atomic E-state index is 12.2. The number of hydrogen-bond acceptors (Lipinski definition) is 3. The zero-order valence-corrected chi connectivity index (χ0v) is 10.1. The SMILES string of the molecule is Cc1cc(C)c(C(=O)c2ccc(N)cc2)s1. The van der Waals surface area contributed by atoms with Crippen LogP contribution in [0.1, 0.15) is 25.7 Å². The van der Waals surface area contributed by atoms with Gasteiger partial charge in [0.2, 0.25) is 5.78 Å². The summed E-state index contributed by atoms with van der Waals surface area (Å²) >= 11 is 1.54. The van der Waals surface area contributed by atoms with Crippen molar-refractivity contribution in [3.05, 3.63) is 51.2 Å². The van der Waals surface area contributed by atoms with E-state index in [0.717, 1.165) is 15.3 Å². The Kier molecular flexibility index (Phi) is 2.79. The molecule has 2 rings (SSSR count). The molecule has 0 bridgehead atoms. The van der Waals surface area contributed by atoms with E-state index >= 15 is 0 Å². The van der Waals surface area contributed by atoms with Crippen LogP contribution < -0.4 is 5.73 Å². The third-order valence-electron chi connectivity index (χ3n) is 2.42. The first-order valence-electron chi connectivity index (χ1n) is 5.05. The number of ketones is 1. The fraction of sp³-hybridized carbons (Fsp3) is 0.154. The Bertz CT molecular complexity index is 525. The van der Waals surface area contributed by atoms with E-state index in [-0.39, 0.29) is 5.78 Å². The van der Waals surface area contributed by atoms with Crippen molar-refractivity contribution in [3.8, 4) is 0 Å². The van der Waals surface area contributed by atoms with E-state index in [1.807, 2.05) is 19.9 Å². The van der Waals surface area contributed by atoms with Crippen molar-refractivity contribution < 1.29 is 4.79 Å². The van der Waals surface area contributed by atoms with Crippen LogP contribution in [0, 0.1) is 13.8 Å². The second kappa shape index (κ2) is 4.10. The number of nitrogens with two attached hydrogens (primary N) is 1. The standard InChI is InChI=1S/C13H13NOS/c1-8-7-9(2)16-13(8)12(15)10-3-5-11(14)6-4-10/h3-7H,14H2,1-2H3. The summed E-state index contributed by atoms with van der Waals surface area (Å²) in [5.41, 5.74) is 8.01. The lowest BCUT2D eigenvalue weighted by Crippen LogP contribution is -2.00. The minimum absolute atomic E-state index is 0.0793. The largest absolute Gasteiger partial charge is 0.399 e. The topological polar surface area (TPSA) is 43.1 Å². The highest BCUT2D eigenvalue weighted by Crippen LogP contribution is 2.24. The Morgan fingerprint density at radius 2 is 1.81 bits per heavy atom. The van der Waals surface area contributed by atoms with Crippen molar-refractivity contribution >= 4 is 22.8 Å². The molecular formula is C13H13NOS. The van der Waals surface area contributed by atoms with E-state index in [2.05, 4.69) is 0 Å². The van der Waals surface area contributed by atoms with E-state index in [0.29, 0.717) is 11.3 Å². The van der Waals surface area contributed by atoms with Crippen molar-refractivity contribution in [2.24, 2.45) is 0 Å². The fourth-order valence-electron chi connectivity index (χ4n) is 1.63. The van der Waals surface area contributed by atoms with Gasteiger partial charge in [-0.3, -0.25) is 4.79 Å². The number of rotatable bonds is 2. The van der Waals surface area contributed by atoms with Crippen molar-refractivity contribution in [1.29, 1.82) is 0 Å². The van der Waals surface area contributed by atoms with Gasteiger partial charge in [-0.2, -0.15) is 0 Å². The Labute approximate surface area is 98.7 Å². The quantitative estimate of drug-likeness (QED) is 0.637. The molecule has 2 nitrogen and oxygen atoms in total. The smallest absolute Gasteiger partial charge is 0.203 e. The molecule has 0 saturated carbocycles. The molecule has 0 aliphatic rings. The van der Waals surface area contributed by atoms with Gasteiger partial charge in [-0.1, -0.05) is 0 Å². The second-order valence-corrected chi connectivity index (χ2v) is 5.08. The van der Waals surface area contributed by atoms with E-state index in [9.17, 15) is 4.79 Å². The van der Waals surface area contributed by atoms with Gasteiger partial charge in [0.1, 0.15) is 0 Å². The van der Waals surface area contributed by atoms with Crippen LogP contribution in [0.15, 0.2) is 30.3 Å². The molecule has 3 heteroatoms. The molecule has 2 N–H and O–H groups in total. The van der Waals surface area contributed by atoms with Crippen molar-refractivity contribution in [2.45, 2.75) is 13.8 Å². The molecule has 1 heterocycles. The lowest BCUT2D eigenvalue weighted by atomic mass is 10.1. The highest BCUT2D eigenvalue weighted by atomic mass is 32.1. The lowest BCUT2D eigenvalue weighted by molar-refractivity contribution is 0.104. The second-order valence-electron chi connectivity index (χ2n) is 3.82. The van der Waals surface area contributed by atoms with Gasteiger partial charge in [0.25, 0.3) is 0 Å². The maximum atomic E-state index is 12.2. The van der Waals surface area contributed by atoms with Gasteiger partial charge in [0.05, 0.1) is 4.88 Å². The number of thiophene rings is 1. The Morgan fingerprint density at radius 1 is 1.19 bits per heavy atom. The summed E-state index contributed by atoms with van der Waals surface area (Å²) in [7, 11) is 0. The first kappa shape index (κ1) is 10.9. The molecule has 0 aliphatic heterocycles. The van der Waals surface area contributed by atoms with Gasteiger partial charge in [-0.05, 0) is 49.7 Å². The molecule has 0 unspecified atom stereocenters. The summed E-state index contributed by atoms with van der Waals surface area (Å²) in [4.78, 5) is 14.1. The van der Waals surface area contributed by atoms with Crippen LogP contribution in [-0.2, 0) is 0 Å². The molecule has 0 atom stereocenters. The number of hydrogen-bond donors (Lipinski definition) is 1. The zero-order chi connectivity index (χ0) is 11.7. The molecule has 0 aliphatic carbocycles. The number of carbonyl (C=O) groups excluding carboxylic acids is 1. The van der Waals surface area contributed by atoms with Gasteiger partial charge >= 0.3 is 0 Å². The van der Waals surface area contributed by atoms with Crippen LogP contribution in [0.4, 0.5) is 5.69 Å². The number of carbonyl (C=O) groups is 1. The molecule has 0 fully saturated rings. The first-order chi connectivity index (χ1) is 7.58. The van der Waals surface area contributed by atoms with Gasteiger partial charge in [-0.25, -0.2) is 0 Å². The van der Waals surface area contributed by atoms with Crippen molar-refractivity contribution in [3.63, 3.8) is 0 Å². The summed E-state index contributed by atoms with van der Waals surface area (Å²) in [6, 6.07) is 9.08. The summed E-state index contributed by atoms with van der Waals surface area (Å²) in [6.07, 6.45) is 0. The molecule has 2 aromatic rings. The molecule has 0 saturated heterocycles. The van der Waals surface area contributed by atoms with Gasteiger partial charge in [-0.15, -0.1) is 11.3 Å². The third kappa shape index (κ3) is 1.99. The molecule has 0 amide bonds. The van der Waals surface area contributed by atoms with Gasteiger partial charge in [0, 0.05) is 16.1 Å². The van der Waals surface area contributed by atoms with E-state index < -0.39 is 0 Å². The average Bonchev–Trinajstić information content (AvgIpc) is 2.58. The number of benzene rings is 1. The Morgan fingerprint density at radius 3 is 2.31 bits per heavy atom. The first-order valence-corrected chi connectivity index (χ1v) is 5.87. The summed E-state index contributed by atoms with van der Waals surface area (Å²) in [5.74, 6) is 0.0793. The normalized spacial score (nSPS) is 10.4. The Balaban J connectivity index is 2.39. The monoisotopic (exact) mass is 231 g/mol. The van der Waals surface area contributed by atoms with Crippen LogP contribution in [0.2, 0.25) is 0 Å². The predicted octanol–water partition coefficient (Wildman–Crippen LogP) is 3.18. The molecule has 1 aromatic carbocycles. The zero-order valence-electron chi connectivity index (χ0n) is 9.28. The molecule has 0 spiro atoms. The van der Waals surface area contributed by atoms with E-state index in [1.54, 1.807) is 35.6 Å². The van der Waals surface area contributed by atoms with Crippen LogP contribution >= 0.6 is 11.3 Å². The van der Waals surface area contributed by atoms with Crippen LogP contribution in [-0.4, -0.2) is 5.78 Å². The van der Waals surface area contributed by atoms with Gasteiger partial charge < -0.3 is 5.73 Å². The number of aryl methyl sites for hydroxylation is 2. The summed E-state index contributed by atoms with van der Waals surface area (Å²) < 4.78 is 0. The summed E-state index contributed by atoms with van der Waals surface area (Å²) in [5, 5.41) is 0. The number of anilines is 1. The van der Waals surface area contributed by atoms with Crippen molar-refractivity contribution in [2.75, 3.05) is 5.73 Å². The van der Waals surface area contributed by atoms with Crippen molar-refractivity contribution in [1.82, 2.24) is 0 Å². The van der Waals surface area contributed by atoms with Crippen LogP contribution in [0.3, 0.4) is 0 Å². The molecular weight excluding hydrogens is 218 g/mol. The maximum Gasteiger partial charge on any atom is 0.203 e. The predicted molar refractivity (Wildman–Crippen MR) is 68.1 cm³/mol. The molecule has 0 radical (unpaired) electrons. The molecule has 16 heavy (non-hydrogen) atoms. The van der Waals surface area contributed by atoms with E-state index in [4.69, 9.17) is 5.73 Å². The Hall–Kier alpha value is -1.61. The van der Waals surface area contributed by atoms with Crippen LogP contribution in [0.25, 0.3) is 0 Å². The minimum Gasteiger partial charge on any atom is -0.399 e. The fourth-order valence-corrected chi connectivity index (χ4v) is 2.62. The van der Waals surface area contributed by atoms with E-state index in [1.165, 1.54) is 0 Å². The summed E-state index contributed by atoms with van der Waals surface area (Å²) in [6.45, 7) is 3.98. The third-order valence-corrected chi connectivity index (χ3v) is 3.57. The molecule has 1 aromatic heterocycles. The molecule has 82 valence electrons. The minimum atomic E-state index is 0.0793. The average molecular weight is 231 g/mol.